The number of anilines is 1. The number of aromatic nitrogens is 2. The molecule has 0 saturated carbocycles. The number of halogens is 4. The van der Waals surface area contributed by atoms with Gasteiger partial charge < -0.3 is 5.32 Å². The van der Waals surface area contributed by atoms with Crippen LogP contribution in [-0.4, -0.2) is 16.5 Å². The normalized spacial score (nSPS) is 11.5. The van der Waals surface area contributed by atoms with Gasteiger partial charge >= 0.3 is 6.18 Å². The first-order chi connectivity index (χ1) is 11.9. The van der Waals surface area contributed by atoms with Crippen LogP contribution >= 0.6 is 11.3 Å². The Morgan fingerprint density at radius 3 is 2.44 bits per heavy atom. The first-order valence-electron chi connectivity index (χ1n) is 7.38. The highest BCUT2D eigenvalue weighted by Crippen LogP contribution is 2.29. The van der Waals surface area contributed by atoms with Gasteiger partial charge in [0.15, 0.2) is 0 Å². The minimum Gasteiger partial charge on any atom is -0.370 e. The molecule has 0 amide bonds. The van der Waals surface area contributed by atoms with Gasteiger partial charge in [-0.25, -0.2) is 14.4 Å². The van der Waals surface area contributed by atoms with E-state index in [-0.39, 0.29) is 5.82 Å². The number of hydrogen-bond acceptors (Lipinski definition) is 4. The Morgan fingerprint density at radius 1 is 1.04 bits per heavy atom. The summed E-state index contributed by atoms with van der Waals surface area (Å²) in [7, 11) is 0. The van der Waals surface area contributed by atoms with Gasteiger partial charge in [0.1, 0.15) is 18.0 Å². The second-order valence-corrected chi connectivity index (χ2v) is 6.20. The third-order valence-electron chi connectivity index (χ3n) is 3.49. The van der Waals surface area contributed by atoms with Gasteiger partial charge in [-0.2, -0.15) is 13.2 Å². The van der Waals surface area contributed by atoms with Crippen molar-refractivity contribution < 1.29 is 17.6 Å². The molecule has 0 aliphatic heterocycles. The molecule has 25 heavy (non-hydrogen) atoms. The average molecular weight is 367 g/mol. The van der Waals surface area contributed by atoms with Gasteiger partial charge in [0.2, 0.25) is 0 Å². The zero-order valence-electron chi connectivity index (χ0n) is 12.8. The molecule has 2 aromatic heterocycles. The molecular formula is C17H13F4N3S. The molecule has 0 bridgehead atoms. The molecule has 3 aromatic rings. The number of alkyl halides is 3. The predicted octanol–water partition coefficient (Wildman–Crippen LogP) is 5.02. The molecule has 0 unspecified atom stereocenters. The number of hydrogen-bond donors (Lipinski definition) is 1. The predicted molar refractivity (Wildman–Crippen MR) is 88.9 cm³/mol. The van der Waals surface area contributed by atoms with Crippen molar-refractivity contribution in [2.24, 2.45) is 0 Å². The standard InChI is InChI=1S/C17H13F4N3S/c18-13-7-15(25-9-13)14-8-16(24-10-23-14)22-6-5-11-1-3-12(4-2-11)17(19,20)21/h1-4,7-10H,5-6H2,(H,22,23,24). The van der Waals surface area contributed by atoms with E-state index in [0.717, 1.165) is 17.7 Å². The SMILES string of the molecule is Fc1csc(-c2cc(NCCc3ccc(C(F)(F)F)cc3)ncn2)c1. The molecule has 3 nitrogen and oxygen atoms in total. The van der Waals surface area contributed by atoms with Gasteiger partial charge in [-0.1, -0.05) is 12.1 Å². The highest BCUT2D eigenvalue weighted by atomic mass is 32.1. The average Bonchev–Trinajstić information content (AvgIpc) is 3.01. The lowest BCUT2D eigenvalue weighted by Crippen LogP contribution is -2.08. The highest BCUT2D eigenvalue weighted by molar-refractivity contribution is 7.13. The van der Waals surface area contributed by atoms with Crippen molar-refractivity contribution in [2.75, 3.05) is 11.9 Å². The van der Waals surface area contributed by atoms with Crippen LogP contribution in [0.5, 0.6) is 0 Å². The molecule has 2 heterocycles. The van der Waals surface area contributed by atoms with E-state index in [0.29, 0.717) is 29.4 Å². The van der Waals surface area contributed by atoms with Crippen LogP contribution in [0.15, 0.2) is 48.1 Å². The maximum Gasteiger partial charge on any atom is 0.416 e. The topological polar surface area (TPSA) is 37.8 Å². The largest absolute Gasteiger partial charge is 0.416 e. The Hall–Kier alpha value is -2.48. The zero-order chi connectivity index (χ0) is 17.9. The van der Waals surface area contributed by atoms with Gasteiger partial charge in [0.25, 0.3) is 0 Å². The molecule has 1 aromatic carbocycles. The lowest BCUT2D eigenvalue weighted by Gasteiger charge is -2.09. The summed E-state index contributed by atoms with van der Waals surface area (Å²) < 4.78 is 50.7. The number of benzene rings is 1. The van der Waals surface area contributed by atoms with E-state index in [1.54, 1.807) is 6.07 Å². The smallest absolute Gasteiger partial charge is 0.370 e. The Labute approximate surface area is 145 Å². The lowest BCUT2D eigenvalue weighted by atomic mass is 10.1. The maximum absolute atomic E-state index is 13.1. The molecule has 1 N–H and O–H groups in total. The Kier molecular flexibility index (Phi) is 4.98. The van der Waals surface area contributed by atoms with Gasteiger partial charge in [0, 0.05) is 18.0 Å². The second kappa shape index (κ2) is 7.18. The molecule has 0 spiro atoms. The number of nitrogens with one attached hydrogen (secondary N) is 1. The van der Waals surface area contributed by atoms with E-state index in [2.05, 4.69) is 15.3 Å². The van der Waals surface area contributed by atoms with E-state index in [4.69, 9.17) is 0 Å². The first kappa shape index (κ1) is 17.3. The van der Waals surface area contributed by atoms with Crippen LogP contribution in [0.1, 0.15) is 11.1 Å². The van der Waals surface area contributed by atoms with E-state index >= 15 is 0 Å². The monoisotopic (exact) mass is 367 g/mol. The molecular weight excluding hydrogens is 354 g/mol. The molecule has 130 valence electrons. The molecule has 0 radical (unpaired) electrons. The fourth-order valence-corrected chi connectivity index (χ4v) is 2.95. The molecule has 0 fully saturated rings. The molecule has 0 aliphatic rings. The summed E-state index contributed by atoms with van der Waals surface area (Å²) >= 11 is 1.25. The van der Waals surface area contributed by atoms with Crippen LogP contribution in [-0.2, 0) is 12.6 Å². The molecule has 3 rings (SSSR count). The van der Waals surface area contributed by atoms with Crippen LogP contribution < -0.4 is 5.32 Å². The van der Waals surface area contributed by atoms with Crippen molar-refractivity contribution in [1.29, 1.82) is 0 Å². The highest BCUT2D eigenvalue weighted by Gasteiger charge is 2.29. The van der Waals surface area contributed by atoms with Crippen LogP contribution in [0.4, 0.5) is 23.4 Å². The van der Waals surface area contributed by atoms with Crippen molar-refractivity contribution in [1.82, 2.24) is 9.97 Å². The third-order valence-corrected chi connectivity index (χ3v) is 4.41. The molecule has 0 aliphatic carbocycles. The quantitative estimate of drug-likeness (QED) is 0.644. The van der Waals surface area contributed by atoms with E-state index in [1.165, 1.54) is 41.2 Å². The molecule has 8 heteroatoms. The van der Waals surface area contributed by atoms with Crippen molar-refractivity contribution in [2.45, 2.75) is 12.6 Å². The van der Waals surface area contributed by atoms with Crippen molar-refractivity contribution >= 4 is 17.2 Å². The first-order valence-corrected chi connectivity index (χ1v) is 8.26. The van der Waals surface area contributed by atoms with Gasteiger partial charge in [-0.15, -0.1) is 11.3 Å². The summed E-state index contributed by atoms with van der Waals surface area (Å²) in [5, 5.41) is 4.49. The summed E-state index contributed by atoms with van der Waals surface area (Å²) in [5.74, 6) is 0.265. The van der Waals surface area contributed by atoms with Crippen LogP contribution in [0.3, 0.4) is 0 Å². The fourth-order valence-electron chi connectivity index (χ4n) is 2.23. The summed E-state index contributed by atoms with van der Waals surface area (Å²) in [6.07, 6.45) is -2.39. The molecule has 0 saturated heterocycles. The van der Waals surface area contributed by atoms with Crippen molar-refractivity contribution in [3.05, 3.63) is 65.0 Å². The van der Waals surface area contributed by atoms with E-state index in [1.807, 2.05) is 0 Å². The Morgan fingerprint density at radius 2 is 1.80 bits per heavy atom. The minimum absolute atomic E-state index is 0.310. The molecule has 0 atom stereocenters. The van der Waals surface area contributed by atoms with Crippen molar-refractivity contribution in [3.63, 3.8) is 0 Å². The van der Waals surface area contributed by atoms with E-state index in [9.17, 15) is 17.6 Å². The fraction of sp³-hybridized carbons (Fsp3) is 0.176. The summed E-state index contributed by atoms with van der Waals surface area (Å²) in [6, 6.07) is 8.18. The lowest BCUT2D eigenvalue weighted by molar-refractivity contribution is -0.137. The minimum atomic E-state index is -4.32. The van der Waals surface area contributed by atoms with Gasteiger partial charge in [0.05, 0.1) is 16.1 Å². The maximum atomic E-state index is 13.1. The Balaban J connectivity index is 1.59. The summed E-state index contributed by atoms with van der Waals surface area (Å²) in [4.78, 5) is 8.90. The van der Waals surface area contributed by atoms with Crippen LogP contribution in [0.25, 0.3) is 10.6 Å². The van der Waals surface area contributed by atoms with Gasteiger partial charge in [-0.3, -0.25) is 0 Å². The van der Waals surface area contributed by atoms with Crippen LogP contribution in [0.2, 0.25) is 0 Å². The number of nitrogens with zero attached hydrogens (tertiary/aromatic N) is 2. The summed E-state index contributed by atoms with van der Waals surface area (Å²) in [6.45, 7) is 0.501. The van der Waals surface area contributed by atoms with Gasteiger partial charge in [-0.05, 0) is 30.2 Å². The Bertz CT molecular complexity index is 844. The van der Waals surface area contributed by atoms with Crippen LogP contribution in [0, 0.1) is 5.82 Å². The second-order valence-electron chi connectivity index (χ2n) is 5.29. The van der Waals surface area contributed by atoms with Crippen molar-refractivity contribution in [3.8, 4) is 10.6 Å². The number of rotatable bonds is 5. The number of thiophene rings is 1. The summed E-state index contributed by atoms with van der Waals surface area (Å²) in [5.41, 5.74) is 0.740. The van der Waals surface area contributed by atoms with E-state index < -0.39 is 11.7 Å². The third kappa shape index (κ3) is 4.54. The zero-order valence-corrected chi connectivity index (χ0v) is 13.7.